The number of carboxylic acids is 1. The minimum atomic E-state index is -1.02. The van der Waals surface area contributed by atoms with Crippen molar-refractivity contribution < 1.29 is 14.3 Å². The number of rotatable bonds is 5. The first-order valence-corrected chi connectivity index (χ1v) is 5.89. The van der Waals surface area contributed by atoms with E-state index in [1.165, 1.54) is 18.9 Å². The van der Waals surface area contributed by atoms with Crippen LogP contribution in [-0.4, -0.2) is 42.2 Å². The molecule has 2 N–H and O–H groups in total. The average Bonchev–Trinajstić information content (AvgIpc) is 2.88. The van der Waals surface area contributed by atoms with Crippen LogP contribution < -0.4 is 5.32 Å². The van der Waals surface area contributed by atoms with Crippen molar-refractivity contribution in [2.45, 2.75) is 25.4 Å². The van der Waals surface area contributed by atoms with E-state index >= 15 is 0 Å². The Balaban J connectivity index is 1.84. The Morgan fingerprint density at radius 3 is 3.06 bits per heavy atom. The molecular weight excluding hydrogens is 220 g/mol. The summed E-state index contributed by atoms with van der Waals surface area (Å²) < 4.78 is 5.22. The molecule has 0 amide bonds. The summed E-state index contributed by atoms with van der Waals surface area (Å²) in [7, 11) is 2.02. The van der Waals surface area contributed by atoms with Crippen molar-refractivity contribution in [3.63, 3.8) is 0 Å². The van der Waals surface area contributed by atoms with Crippen molar-refractivity contribution >= 4 is 5.97 Å². The summed E-state index contributed by atoms with van der Waals surface area (Å²) in [6.07, 6.45) is 2.45. The second-order valence-corrected chi connectivity index (χ2v) is 4.56. The number of likely N-dealkylation sites (N-methyl/N-ethyl adjacent to an activating group) is 1. The first-order chi connectivity index (χ1) is 8.15. The van der Waals surface area contributed by atoms with E-state index in [1.807, 2.05) is 7.05 Å². The van der Waals surface area contributed by atoms with Gasteiger partial charge in [-0.05, 0) is 38.6 Å². The van der Waals surface area contributed by atoms with Crippen LogP contribution in [0.1, 0.15) is 29.2 Å². The third kappa shape index (κ3) is 3.31. The number of aromatic carboxylic acids is 1. The van der Waals surface area contributed by atoms with Crippen molar-refractivity contribution in [2.24, 2.45) is 0 Å². The molecule has 5 heteroatoms. The Bertz CT molecular complexity index is 383. The highest BCUT2D eigenvalue weighted by Gasteiger charge is 2.17. The van der Waals surface area contributed by atoms with Gasteiger partial charge in [-0.2, -0.15) is 0 Å². The molecule has 1 fully saturated rings. The van der Waals surface area contributed by atoms with Gasteiger partial charge in [0.05, 0.1) is 6.54 Å². The van der Waals surface area contributed by atoms with E-state index in [0.29, 0.717) is 18.3 Å². The lowest BCUT2D eigenvalue weighted by Crippen LogP contribution is -2.34. The zero-order valence-electron chi connectivity index (χ0n) is 9.98. The third-order valence-corrected chi connectivity index (χ3v) is 2.99. The number of nitrogens with one attached hydrogen (secondary N) is 1. The molecule has 17 heavy (non-hydrogen) atoms. The minimum Gasteiger partial charge on any atom is -0.475 e. The van der Waals surface area contributed by atoms with Crippen LogP contribution in [0.4, 0.5) is 0 Å². The van der Waals surface area contributed by atoms with E-state index in [4.69, 9.17) is 9.52 Å². The predicted octanol–water partition coefficient (Wildman–Crippen LogP) is 1.16. The second-order valence-electron chi connectivity index (χ2n) is 4.56. The van der Waals surface area contributed by atoms with Gasteiger partial charge in [0.15, 0.2) is 0 Å². The first-order valence-electron chi connectivity index (χ1n) is 5.89. The van der Waals surface area contributed by atoms with Crippen LogP contribution in [-0.2, 0) is 6.54 Å². The van der Waals surface area contributed by atoms with Crippen LogP contribution in [0, 0.1) is 0 Å². The molecule has 2 rings (SSSR count). The molecular formula is C12H18N2O3. The fraction of sp³-hybridized carbons (Fsp3) is 0.583. The van der Waals surface area contributed by atoms with Gasteiger partial charge < -0.3 is 14.8 Å². The summed E-state index contributed by atoms with van der Waals surface area (Å²) in [6, 6.07) is 3.77. The lowest BCUT2D eigenvalue weighted by Gasteiger charge is -2.19. The molecule has 0 aromatic carbocycles. The molecule has 1 aromatic rings. The maximum absolute atomic E-state index is 10.7. The van der Waals surface area contributed by atoms with Gasteiger partial charge in [-0.15, -0.1) is 0 Å². The van der Waals surface area contributed by atoms with Crippen LogP contribution in [0.15, 0.2) is 16.5 Å². The Morgan fingerprint density at radius 1 is 1.65 bits per heavy atom. The summed E-state index contributed by atoms with van der Waals surface area (Å²) in [5.74, 6) is -0.313. The summed E-state index contributed by atoms with van der Waals surface area (Å²) >= 11 is 0. The fourth-order valence-electron chi connectivity index (χ4n) is 2.20. The summed E-state index contributed by atoms with van der Waals surface area (Å²) in [5, 5.41) is 12.2. The third-order valence-electron chi connectivity index (χ3n) is 2.99. The molecule has 1 saturated heterocycles. The Labute approximate surface area is 100 Å². The van der Waals surface area contributed by atoms with Crippen molar-refractivity contribution in [1.82, 2.24) is 10.2 Å². The molecule has 1 aliphatic rings. The Hall–Kier alpha value is -1.33. The zero-order chi connectivity index (χ0) is 12.3. The van der Waals surface area contributed by atoms with Gasteiger partial charge in [0, 0.05) is 12.6 Å². The molecule has 1 aromatic heterocycles. The maximum atomic E-state index is 10.7. The number of hydrogen-bond donors (Lipinski definition) is 2. The fourth-order valence-corrected chi connectivity index (χ4v) is 2.20. The van der Waals surface area contributed by atoms with Crippen molar-refractivity contribution in [3.05, 3.63) is 23.7 Å². The largest absolute Gasteiger partial charge is 0.475 e. The summed E-state index contributed by atoms with van der Waals surface area (Å²) in [5.41, 5.74) is 0. The van der Waals surface area contributed by atoms with E-state index < -0.39 is 5.97 Å². The lowest BCUT2D eigenvalue weighted by atomic mass is 10.2. The quantitative estimate of drug-likeness (QED) is 0.806. The van der Waals surface area contributed by atoms with Gasteiger partial charge in [0.25, 0.3) is 0 Å². The van der Waals surface area contributed by atoms with E-state index in [9.17, 15) is 4.79 Å². The summed E-state index contributed by atoms with van der Waals surface area (Å²) in [4.78, 5) is 12.8. The molecule has 0 spiro atoms. The average molecular weight is 238 g/mol. The smallest absolute Gasteiger partial charge is 0.371 e. The monoisotopic (exact) mass is 238 g/mol. The van der Waals surface area contributed by atoms with Gasteiger partial charge in [-0.1, -0.05) is 0 Å². The topological polar surface area (TPSA) is 65.7 Å². The molecule has 1 unspecified atom stereocenters. The number of carboxylic acid groups (broad SMARTS) is 1. The lowest BCUT2D eigenvalue weighted by molar-refractivity contribution is 0.0658. The van der Waals surface area contributed by atoms with Crippen LogP contribution in [0.2, 0.25) is 0 Å². The van der Waals surface area contributed by atoms with Crippen LogP contribution in [0.25, 0.3) is 0 Å². The van der Waals surface area contributed by atoms with Crippen LogP contribution in [0.3, 0.4) is 0 Å². The molecule has 0 aliphatic carbocycles. The van der Waals surface area contributed by atoms with Crippen molar-refractivity contribution in [3.8, 4) is 0 Å². The molecule has 2 heterocycles. The number of carbonyl (C=O) groups is 1. The zero-order valence-corrected chi connectivity index (χ0v) is 9.98. The normalized spacial score (nSPS) is 20.0. The number of hydrogen-bond acceptors (Lipinski definition) is 4. The highest BCUT2D eigenvalue weighted by atomic mass is 16.4. The standard InChI is InChI=1S/C12H18N2O3/c1-14(7-9-3-2-6-13-9)8-10-4-5-11(17-10)12(15)16/h4-5,9,13H,2-3,6-8H2,1H3,(H,15,16). The highest BCUT2D eigenvalue weighted by molar-refractivity contribution is 5.84. The van der Waals surface area contributed by atoms with Gasteiger partial charge in [0.1, 0.15) is 5.76 Å². The van der Waals surface area contributed by atoms with Gasteiger partial charge in [0.2, 0.25) is 5.76 Å². The first kappa shape index (κ1) is 12.1. The van der Waals surface area contributed by atoms with E-state index in [0.717, 1.165) is 13.1 Å². The Morgan fingerprint density at radius 2 is 2.47 bits per heavy atom. The van der Waals surface area contributed by atoms with Crippen LogP contribution in [0.5, 0.6) is 0 Å². The molecule has 94 valence electrons. The van der Waals surface area contributed by atoms with E-state index in [-0.39, 0.29) is 5.76 Å². The van der Waals surface area contributed by atoms with Crippen LogP contribution >= 0.6 is 0 Å². The van der Waals surface area contributed by atoms with E-state index in [2.05, 4.69) is 10.2 Å². The van der Waals surface area contributed by atoms with Gasteiger partial charge in [-0.25, -0.2) is 4.79 Å². The number of nitrogens with zero attached hydrogens (tertiary/aromatic N) is 1. The highest BCUT2D eigenvalue weighted by Crippen LogP contribution is 2.12. The Kier molecular flexibility index (Phi) is 3.81. The van der Waals surface area contributed by atoms with E-state index in [1.54, 1.807) is 6.07 Å². The maximum Gasteiger partial charge on any atom is 0.371 e. The second kappa shape index (κ2) is 5.33. The van der Waals surface area contributed by atoms with Gasteiger partial charge in [-0.3, -0.25) is 4.90 Å². The molecule has 0 bridgehead atoms. The molecule has 1 aliphatic heterocycles. The SMILES string of the molecule is CN(Cc1ccc(C(=O)O)o1)CC1CCCN1. The van der Waals surface area contributed by atoms with Crippen molar-refractivity contribution in [1.29, 1.82) is 0 Å². The predicted molar refractivity (Wildman–Crippen MR) is 63.0 cm³/mol. The molecule has 1 atom stereocenters. The summed E-state index contributed by atoms with van der Waals surface area (Å²) in [6.45, 7) is 2.71. The van der Waals surface area contributed by atoms with Crippen molar-refractivity contribution in [2.75, 3.05) is 20.1 Å². The van der Waals surface area contributed by atoms with Gasteiger partial charge >= 0.3 is 5.97 Å². The molecule has 5 nitrogen and oxygen atoms in total. The number of furan rings is 1. The minimum absolute atomic E-state index is 0.00684. The molecule has 0 radical (unpaired) electrons. The molecule has 0 saturated carbocycles.